The van der Waals surface area contributed by atoms with Crippen LogP contribution >= 0.6 is 0 Å². The van der Waals surface area contributed by atoms with Gasteiger partial charge in [0.05, 0.1) is 25.6 Å². The van der Waals surface area contributed by atoms with E-state index < -0.39 is 5.97 Å². The van der Waals surface area contributed by atoms with E-state index in [2.05, 4.69) is 26.1 Å². The lowest BCUT2D eigenvalue weighted by molar-refractivity contribution is 0.0597. The molecule has 1 aliphatic rings. The third-order valence-corrected chi connectivity index (χ3v) is 4.52. The van der Waals surface area contributed by atoms with E-state index in [1.165, 1.54) is 20.6 Å². The zero-order chi connectivity index (χ0) is 17.2. The van der Waals surface area contributed by atoms with Gasteiger partial charge < -0.3 is 20.5 Å². The summed E-state index contributed by atoms with van der Waals surface area (Å²) in [5.74, 6) is 0.693. The van der Waals surface area contributed by atoms with Crippen LogP contribution in [-0.4, -0.2) is 26.2 Å². The first-order valence-corrected chi connectivity index (χ1v) is 8.08. The van der Waals surface area contributed by atoms with Crippen LogP contribution in [0.5, 0.6) is 5.75 Å². The number of methoxy groups -OCH3 is 2. The number of esters is 1. The quantitative estimate of drug-likeness (QED) is 0.654. The zero-order valence-electron chi connectivity index (χ0n) is 14.7. The molecule has 1 fully saturated rings. The monoisotopic (exact) mass is 320 g/mol. The van der Waals surface area contributed by atoms with Crippen molar-refractivity contribution in [2.24, 2.45) is 11.3 Å². The molecule has 0 aromatic heterocycles. The summed E-state index contributed by atoms with van der Waals surface area (Å²) in [5, 5.41) is 3.54. The summed E-state index contributed by atoms with van der Waals surface area (Å²) in [5.41, 5.74) is 8.13. The molecule has 0 radical (unpaired) electrons. The summed E-state index contributed by atoms with van der Waals surface area (Å²) in [7, 11) is 2.88. The Morgan fingerprint density at radius 1 is 1.30 bits per heavy atom. The van der Waals surface area contributed by atoms with E-state index in [0.29, 0.717) is 34.4 Å². The smallest absolute Gasteiger partial charge is 0.341 e. The van der Waals surface area contributed by atoms with Gasteiger partial charge in [-0.2, -0.15) is 0 Å². The number of nitrogens with one attached hydrogen (secondary N) is 1. The van der Waals surface area contributed by atoms with Crippen LogP contribution < -0.4 is 15.8 Å². The van der Waals surface area contributed by atoms with E-state index in [1.54, 1.807) is 12.1 Å². The van der Waals surface area contributed by atoms with Crippen molar-refractivity contribution in [3.05, 3.63) is 17.7 Å². The molecule has 1 aromatic carbocycles. The maximum absolute atomic E-state index is 11.8. The second kappa shape index (κ2) is 6.69. The predicted octanol–water partition coefficient (Wildman–Crippen LogP) is 3.69. The van der Waals surface area contributed by atoms with E-state index in [-0.39, 0.29) is 0 Å². The van der Waals surface area contributed by atoms with Gasteiger partial charge in [-0.15, -0.1) is 0 Å². The first kappa shape index (κ1) is 17.4. The highest BCUT2D eigenvalue weighted by Crippen LogP contribution is 2.40. The van der Waals surface area contributed by atoms with Gasteiger partial charge in [0.2, 0.25) is 0 Å². The van der Waals surface area contributed by atoms with Gasteiger partial charge in [-0.25, -0.2) is 4.79 Å². The SMILES string of the molecule is COC(=O)c1cc(N)c(NC2CC(C)CC(C)(C)C2)cc1OC. The van der Waals surface area contributed by atoms with Gasteiger partial charge in [-0.3, -0.25) is 0 Å². The molecule has 0 amide bonds. The van der Waals surface area contributed by atoms with Crippen LogP contribution in [0, 0.1) is 11.3 Å². The Bertz CT molecular complexity index is 584. The van der Waals surface area contributed by atoms with Gasteiger partial charge in [0, 0.05) is 12.1 Å². The third-order valence-electron chi connectivity index (χ3n) is 4.52. The standard InChI is InChI=1S/C18H28N2O3/c1-11-6-12(10-18(2,3)9-11)20-15-8-16(22-4)13(7-14(15)19)17(21)23-5/h7-8,11-12,20H,6,9-10,19H2,1-5H3. The van der Waals surface area contributed by atoms with Gasteiger partial charge in [-0.1, -0.05) is 20.8 Å². The summed E-state index contributed by atoms with van der Waals surface area (Å²) >= 11 is 0. The molecule has 5 nitrogen and oxygen atoms in total. The fourth-order valence-electron chi connectivity index (χ4n) is 3.84. The number of nitrogen functional groups attached to an aromatic ring is 1. The molecule has 0 heterocycles. The molecular formula is C18H28N2O3. The number of nitrogens with two attached hydrogens (primary N) is 1. The minimum atomic E-state index is -0.451. The number of carbonyl (C=O) groups excluding carboxylic acids is 1. The van der Waals surface area contributed by atoms with Gasteiger partial charge in [0.25, 0.3) is 0 Å². The second-order valence-corrected chi connectivity index (χ2v) is 7.39. The Balaban J connectivity index is 2.25. The van der Waals surface area contributed by atoms with E-state index in [9.17, 15) is 4.79 Å². The van der Waals surface area contributed by atoms with E-state index in [1.807, 2.05) is 0 Å². The maximum atomic E-state index is 11.8. The highest BCUT2D eigenvalue weighted by molar-refractivity contribution is 5.95. The topological polar surface area (TPSA) is 73.6 Å². The van der Waals surface area contributed by atoms with Crippen LogP contribution in [0.25, 0.3) is 0 Å². The number of benzene rings is 1. The van der Waals surface area contributed by atoms with Gasteiger partial charge in [-0.05, 0) is 36.7 Å². The average molecular weight is 320 g/mol. The maximum Gasteiger partial charge on any atom is 0.341 e. The number of hydrogen-bond donors (Lipinski definition) is 2. The molecule has 2 unspecified atom stereocenters. The molecule has 1 aliphatic carbocycles. The van der Waals surface area contributed by atoms with E-state index >= 15 is 0 Å². The fraction of sp³-hybridized carbons (Fsp3) is 0.611. The lowest BCUT2D eigenvalue weighted by Crippen LogP contribution is -2.35. The summed E-state index contributed by atoms with van der Waals surface area (Å²) in [6, 6.07) is 3.77. The zero-order valence-corrected chi connectivity index (χ0v) is 14.7. The molecule has 2 atom stereocenters. The summed E-state index contributed by atoms with van der Waals surface area (Å²) in [6.45, 7) is 6.91. The highest BCUT2D eigenvalue weighted by atomic mass is 16.5. The normalized spacial score (nSPS) is 23.2. The summed E-state index contributed by atoms with van der Waals surface area (Å²) in [4.78, 5) is 11.8. The first-order chi connectivity index (χ1) is 10.8. The van der Waals surface area contributed by atoms with Crippen LogP contribution in [-0.2, 0) is 4.74 Å². The number of ether oxygens (including phenoxy) is 2. The average Bonchev–Trinajstić information content (AvgIpc) is 2.46. The van der Waals surface area contributed by atoms with Crippen LogP contribution in [0.4, 0.5) is 11.4 Å². The fourth-order valence-corrected chi connectivity index (χ4v) is 3.84. The Labute approximate surface area is 138 Å². The van der Waals surface area contributed by atoms with Gasteiger partial charge >= 0.3 is 5.97 Å². The van der Waals surface area contributed by atoms with Crippen LogP contribution in [0.3, 0.4) is 0 Å². The molecule has 1 aromatic rings. The Hall–Kier alpha value is -1.91. The largest absolute Gasteiger partial charge is 0.496 e. The number of rotatable bonds is 4. The number of carbonyl (C=O) groups is 1. The van der Waals surface area contributed by atoms with Gasteiger partial charge in [0.15, 0.2) is 0 Å². The van der Waals surface area contributed by atoms with E-state index in [4.69, 9.17) is 15.2 Å². The lowest BCUT2D eigenvalue weighted by atomic mass is 9.70. The Morgan fingerprint density at radius 2 is 2.00 bits per heavy atom. The molecule has 0 spiro atoms. The molecule has 1 saturated carbocycles. The summed E-state index contributed by atoms with van der Waals surface area (Å²) in [6.07, 6.45) is 3.45. The van der Waals surface area contributed by atoms with Crippen LogP contribution in [0.1, 0.15) is 50.4 Å². The molecule has 3 N–H and O–H groups in total. The molecule has 0 saturated heterocycles. The molecule has 0 aliphatic heterocycles. The van der Waals surface area contributed by atoms with Gasteiger partial charge in [0.1, 0.15) is 11.3 Å². The van der Waals surface area contributed by atoms with Crippen molar-refractivity contribution in [3.63, 3.8) is 0 Å². The first-order valence-electron chi connectivity index (χ1n) is 8.08. The van der Waals surface area contributed by atoms with Crippen molar-refractivity contribution >= 4 is 17.3 Å². The molecule has 2 rings (SSSR count). The lowest BCUT2D eigenvalue weighted by Gasteiger charge is -2.39. The second-order valence-electron chi connectivity index (χ2n) is 7.39. The Morgan fingerprint density at radius 3 is 2.57 bits per heavy atom. The number of anilines is 2. The Kier molecular flexibility index (Phi) is 5.07. The third kappa shape index (κ3) is 4.09. The predicted molar refractivity (Wildman–Crippen MR) is 93.0 cm³/mol. The van der Waals surface area contributed by atoms with Crippen LogP contribution in [0.15, 0.2) is 12.1 Å². The highest BCUT2D eigenvalue weighted by Gasteiger charge is 2.32. The van der Waals surface area contributed by atoms with Crippen molar-refractivity contribution in [1.82, 2.24) is 0 Å². The van der Waals surface area contributed by atoms with Crippen LogP contribution in [0.2, 0.25) is 0 Å². The number of hydrogen-bond acceptors (Lipinski definition) is 5. The molecule has 5 heteroatoms. The molecule has 128 valence electrons. The minimum Gasteiger partial charge on any atom is -0.496 e. The van der Waals surface area contributed by atoms with Crippen molar-refractivity contribution < 1.29 is 14.3 Å². The minimum absolute atomic E-state index is 0.320. The van der Waals surface area contributed by atoms with Crippen molar-refractivity contribution in [3.8, 4) is 5.75 Å². The summed E-state index contributed by atoms with van der Waals surface area (Å²) < 4.78 is 10.1. The van der Waals surface area contributed by atoms with Crippen molar-refractivity contribution in [1.29, 1.82) is 0 Å². The van der Waals surface area contributed by atoms with E-state index in [0.717, 1.165) is 18.5 Å². The van der Waals surface area contributed by atoms with Crippen molar-refractivity contribution in [2.45, 2.75) is 46.1 Å². The molecule has 23 heavy (non-hydrogen) atoms. The molecular weight excluding hydrogens is 292 g/mol. The van der Waals surface area contributed by atoms with Crippen molar-refractivity contribution in [2.75, 3.05) is 25.3 Å². The molecule has 0 bridgehead atoms.